The number of rotatable bonds is 1. The largest absolute Gasteiger partial charge is 0.508 e. The molecule has 1 aromatic carbocycles. The van der Waals surface area contributed by atoms with Crippen molar-refractivity contribution in [2.24, 2.45) is 0 Å². The first-order valence-corrected chi connectivity index (χ1v) is 5.04. The van der Waals surface area contributed by atoms with Gasteiger partial charge in [-0.25, -0.2) is 4.79 Å². The van der Waals surface area contributed by atoms with E-state index in [-0.39, 0.29) is 5.75 Å². The predicted octanol–water partition coefficient (Wildman–Crippen LogP) is 2.77. The van der Waals surface area contributed by atoms with Gasteiger partial charge in [0.25, 0.3) is 0 Å². The van der Waals surface area contributed by atoms with Crippen LogP contribution in [0.25, 0.3) is 11.3 Å². The molecule has 0 radical (unpaired) electrons. The lowest BCUT2D eigenvalue weighted by Gasteiger charge is -2.00. The minimum atomic E-state index is -0.562. The van der Waals surface area contributed by atoms with Crippen LogP contribution in [0.3, 0.4) is 0 Å². The Balaban J connectivity index is 2.54. The minimum Gasteiger partial charge on any atom is -0.508 e. The van der Waals surface area contributed by atoms with E-state index in [2.05, 4.69) is 15.9 Å². The van der Waals surface area contributed by atoms with Crippen molar-refractivity contribution in [1.82, 2.24) is 0 Å². The molecule has 0 unspecified atom stereocenters. The van der Waals surface area contributed by atoms with Crippen LogP contribution in [0, 0.1) is 0 Å². The molecule has 0 spiro atoms. The molecule has 0 saturated heterocycles. The lowest BCUT2D eigenvalue weighted by molar-refractivity contribution is 0.453. The van der Waals surface area contributed by atoms with E-state index < -0.39 is 5.63 Å². The highest BCUT2D eigenvalue weighted by Crippen LogP contribution is 2.22. The smallest absolute Gasteiger partial charge is 0.339 e. The molecule has 0 aliphatic rings. The lowest BCUT2D eigenvalue weighted by Crippen LogP contribution is -1.95. The van der Waals surface area contributed by atoms with Gasteiger partial charge in [0, 0.05) is 16.1 Å². The van der Waals surface area contributed by atoms with Crippen LogP contribution in [0.15, 0.2) is 50.1 Å². The van der Waals surface area contributed by atoms with E-state index in [0.717, 1.165) is 16.1 Å². The minimum absolute atomic E-state index is 0.0934. The van der Waals surface area contributed by atoms with E-state index in [1.165, 1.54) is 6.07 Å². The lowest BCUT2D eigenvalue weighted by atomic mass is 10.1. The maximum atomic E-state index is 11.0. The van der Waals surface area contributed by atoms with Crippen LogP contribution in [0.1, 0.15) is 0 Å². The monoisotopic (exact) mass is 266 g/mol. The molecule has 0 aliphatic carbocycles. The van der Waals surface area contributed by atoms with Crippen molar-refractivity contribution >= 4 is 15.9 Å². The third-order valence-electron chi connectivity index (χ3n) is 1.88. The maximum absolute atomic E-state index is 11.0. The van der Waals surface area contributed by atoms with Crippen LogP contribution >= 0.6 is 15.9 Å². The first-order chi connectivity index (χ1) is 7.15. The van der Waals surface area contributed by atoms with Gasteiger partial charge in [0.05, 0.1) is 6.07 Å². The van der Waals surface area contributed by atoms with Crippen molar-refractivity contribution in [2.75, 3.05) is 0 Å². The van der Waals surface area contributed by atoms with E-state index in [0.29, 0.717) is 5.76 Å². The van der Waals surface area contributed by atoms with E-state index in [4.69, 9.17) is 4.42 Å². The van der Waals surface area contributed by atoms with Gasteiger partial charge in [-0.3, -0.25) is 0 Å². The summed E-state index contributed by atoms with van der Waals surface area (Å²) in [6.45, 7) is 0. The fourth-order valence-corrected chi connectivity index (χ4v) is 1.48. The summed E-state index contributed by atoms with van der Waals surface area (Å²) in [5.41, 5.74) is 0.180. The summed E-state index contributed by atoms with van der Waals surface area (Å²) < 4.78 is 5.89. The molecule has 1 aromatic heterocycles. The predicted molar refractivity (Wildman–Crippen MR) is 59.8 cm³/mol. The van der Waals surface area contributed by atoms with Gasteiger partial charge in [0.2, 0.25) is 0 Å². The van der Waals surface area contributed by atoms with Crippen LogP contribution in [0.4, 0.5) is 0 Å². The molecule has 0 amide bonds. The summed E-state index contributed by atoms with van der Waals surface area (Å²) in [7, 11) is 0. The number of aromatic hydroxyl groups is 1. The Hall–Kier alpha value is -1.55. The van der Waals surface area contributed by atoms with Crippen LogP contribution < -0.4 is 5.63 Å². The highest BCUT2D eigenvalue weighted by molar-refractivity contribution is 9.10. The first kappa shape index (κ1) is 9.98. The molecule has 0 atom stereocenters. The van der Waals surface area contributed by atoms with Crippen molar-refractivity contribution in [1.29, 1.82) is 0 Å². The molecular weight excluding hydrogens is 260 g/mol. The average molecular weight is 267 g/mol. The molecule has 0 fully saturated rings. The second-order valence-corrected chi connectivity index (χ2v) is 3.92. The van der Waals surface area contributed by atoms with Gasteiger partial charge in [-0.1, -0.05) is 28.1 Å². The van der Waals surface area contributed by atoms with Gasteiger partial charge in [-0.05, 0) is 12.1 Å². The van der Waals surface area contributed by atoms with Gasteiger partial charge in [-0.15, -0.1) is 0 Å². The Morgan fingerprint density at radius 2 is 1.80 bits per heavy atom. The summed E-state index contributed by atoms with van der Waals surface area (Å²) in [4.78, 5) is 11.0. The van der Waals surface area contributed by atoms with Crippen LogP contribution in [-0.2, 0) is 0 Å². The zero-order chi connectivity index (χ0) is 10.8. The fourth-order valence-electron chi connectivity index (χ4n) is 1.22. The molecular formula is C11H7BrO3. The maximum Gasteiger partial charge on any atom is 0.339 e. The quantitative estimate of drug-likeness (QED) is 0.864. The average Bonchev–Trinajstić information content (AvgIpc) is 2.17. The Bertz CT molecular complexity index is 528. The van der Waals surface area contributed by atoms with Crippen molar-refractivity contribution in [2.45, 2.75) is 0 Å². The fraction of sp³-hybridized carbons (Fsp3) is 0. The zero-order valence-electron chi connectivity index (χ0n) is 7.61. The molecule has 4 heteroatoms. The molecule has 3 nitrogen and oxygen atoms in total. The number of hydrogen-bond donors (Lipinski definition) is 1. The third kappa shape index (κ3) is 2.27. The van der Waals surface area contributed by atoms with Crippen molar-refractivity contribution in [3.63, 3.8) is 0 Å². The van der Waals surface area contributed by atoms with Crippen LogP contribution in [0.5, 0.6) is 5.75 Å². The Morgan fingerprint density at radius 3 is 2.40 bits per heavy atom. The van der Waals surface area contributed by atoms with Crippen LogP contribution in [0.2, 0.25) is 0 Å². The van der Waals surface area contributed by atoms with Gasteiger partial charge < -0.3 is 9.52 Å². The highest BCUT2D eigenvalue weighted by atomic mass is 79.9. The number of hydrogen-bond acceptors (Lipinski definition) is 3. The van der Waals surface area contributed by atoms with E-state index in [1.807, 2.05) is 12.1 Å². The first-order valence-electron chi connectivity index (χ1n) is 4.25. The third-order valence-corrected chi connectivity index (χ3v) is 2.41. The van der Waals surface area contributed by atoms with Crippen LogP contribution in [-0.4, -0.2) is 5.11 Å². The molecule has 2 aromatic rings. The Morgan fingerprint density at radius 1 is 1.13 bits per heavy atom. The summed E-state index contributed by atoms with van der Waals surface area (Å²) in [5, 5.41) is 9.24. The van der Waals surface area contributed by atoms with E-state index in [9.17, 15) is 9.90 Å². The topological polar surface area (TPSA) is 50.4 Å². The van der Waals surface area contributed by atoms with E-state index >= 15 is 0 Å². The normalized spacial score (nSPS) is 10.2. The molecule has 2 rings (SSSR count). The van der Waals surface area contributed by atoms with Gasteiger partial charge in [0.15, 0.2) is 0 Å². The molecule has 0 aliphatic heterocycles. The molecule has 0 saturated carbocycles. The Labute approximate surface area is 94.1 Å². The van der Waals surface area contributed by atoms with Crippen molar-refractivity contribution in [3.05, 3.63) is 51.3 Å². The highest BCUT2D eigenvalue weighted by Gasteiger charge is 2.03. The number of benzene rings is 1. The zero-order valence-corrected chi connectivity index (χ0v) is 9.19. The van der Waals surface area contributed by atoms with Gasteiger partial charge in [0.1, 0.15) is 11.5 Å². The van der Waals surface area contributed by atoms with Crippen molar-refractivity contribution in [3.8, 4) is 17.1 Å². The molecule has 15 heavy (non-hydrogen) atoms. The molecule has 1 heterocycles. The second-order valence-electron chi connectivity index (χ2n) is 3.01. The standard InChI is InChI=1S/C11H7BrO3/c12-8-3-1-7(2-4-8)10-5-9(13)6-11(14)15-10/h1-6,13H. The number of halogens is 1. The summed E-state index contributed by atoms with van der Waals surface area (Å²) in [5.74, 6) is 0.261. The summed E-state index contributed by atoms with van der Waals surface area (Å²) in [6.07, 6.45) is 0. The molecule has 0 bridgehead atoms. The van der Waals surface area contributed by atoms with Crippen molar-refractivity contribution < 1.29 is 9.52 Å². The van der Waals surface area contributed by atoms with Gasteiger partial charge in [-0.2, -0.15) is 0 Å². The summed E-state index contributed by atoms with van der Waals surface area (Å²) >= 11 is 3.31. The van der Waals surface area contributed by atoms with Gasteiger partial charge >= 0.3 is 5.63 Å². The second kappa shape index (κ2) is 3.90. The molecule has 76 valence electrons. The Kier molecular flexibility index (Phi) is 2.60. The molecule has 1 N–H and O–H groups in total. The summed E-state index contributed by atoms with van der Waals surface area (Å²) in [6, 6.07) is 9.69. The SMILES string of the molecule is O=c1cc(O)cc(-c2ccc(Br)cc2)o1. The van der Waals surface area contributed by atoms with E-state index in [1.54, 1.807) is 12.1 Å².